The number of aryl methyl sites for hydroxylation is 1. The van der Waals surface area contributed by atoms with Gasteiger partial charge in [-0.2, -0.15) is 13.2 Å². The molecular formula is C27H30Cl3F3N4O. The lowest BCUT2D eigenvalue weighted by molar-refractivity contribution is -0.179. The van der Waals surface area contributed by atoms with Gasteiger partial charge in [-0.05, 0) is 42.2 Å². The molecule has 11 heteroatoms. The minimum atomic E-state index is -4.17. The van der Waals surface area contributed by atoms with Gasteiger partial charge in [0.25, 0.3) is 0 Å². The maximum absolute atomic E-state index is 13.1. The normalized spacial score (nSPS) is 15.4. The third kappa shape index (κ3) is 6.02. The van der Waals surface area contributed by atoms with Crippen molar-refractivity contribution < 1.29 is 18.0 Å². The zero-order valence-corrected chi connectivity index (χ0v) is 23.9. The van der Waals surface area contributed by atoms with E-state index in [1.54, 1.807) is 18.2 Å². The van der Waals surface area contributed by atoms with Crippen LogP contribution in [0.1, 0.15) is 50.6 Å². The van der Waals surface area contributed by atoms with Gasteiger partial charge in [0.15, 0.2) is 0 Å². The number of amides is 1. The van der Waals surface area contributed by atoms with Crippen molar-refractivity contribution in [2.45, 2.75) is 52.8 Å². The molecule has 2 heterocycles. The summed E-state index contributed by atoms with van der Waals surface area (Å²) in [4.78, 5) is 19.0. The molecule has 1 amide bonds. The Morgan fingerprint density at radius 1 is 1.08 bits per heavy atom. The van der Waals surface area contributed by atoms with E-state index in [1.165, 1.54) is 0 Å². The molecule has 0 aliphatic carbocycles. The van der Waals surface area contributed by atoms with E-state index in [4.69, 9.17) is 39.8 Å². The molecule has 1 N–H and O–H groups in total. The molecule has 0 radical (unpaired) electrons. The summed E-state index contributed by atoms with van der Waals surface area (Å²) < 4.78 is 41.2. The van der Waals surface area contributed by atoms with E-state index in [0.717, 1.165) is 11.1 Å². The second-order valence-corrected chi connectivity index (χ2v) is 12.0. The number of carbonyl (C=O) groups is 1. The first-order chi connectivity index (χ1) is 17.7. The molecule has 0 atom stereocenters. The summed E-state index contributed by atoms with van der Waals surface area (Å²) in [6.45, 7) is 6.35. The van der Waals surface area contributed by atoms with Crippen molar-refractivity contribution in [3.05, 3.63) is 56.3 Å². The number of rotatable bonds is 5. The third-order valence-electron chi connectivity index (χ3n) is 7.06. The quantitative estimate of drug-likeness (QED) is 0.334. The number of nitrogens with zero attached hydrogens (tertiary/aromatic N) is 3. The minimum Gasteiger partial charge on any atom is -0.370 e. The first-order valence-electron chi connectivity index (χ1n) is 12.4. The molecule has 1 aromatic heterocycles. The molecule has 0 bridgehead atoms. The fourth-order valence-corrected chi connectivity index (χ4v) is 5.49. The summed E-state index contributed by atoms with van der Waals surface area (Å²) >= 11 is 19.8. The molecule has 206 valence electrons. The van der Waals surface area contributed by atoms with Gasteiger partial charge < -0.3 is 14.8 Å². The average Bonchev–Trinajstić information content (AvgIpc) is 3.13. The number of nitrogens with one attached hydrogen (secondary N) is 1. The number of aromatic nitrogens is 2. The van der Waals surface area contributed by atoms with Gasteiger partial charge in [-0.15, -0.1) is 0 Å². The lowest BCUT2D eigenvalue weighted by Gasteiger charge is -2.34. The van der Waals surface area contributed by atoms with E-state index in [0.29, 0.717) is 44.1 Å². The second-order valence-electron chi connectivity index (χ2n) is 10.8. The molecule has 1 fully saturated rings. The van der Waals surface area contributed by atoms with E-state index in [9.17, 15) is 18.0 Å². The molecule has 1 aliphatic heterocycles. The highest BCUT2D eigenvalue weighted by Crippen LogP contribution is 2.39. The Labute approximate surface area is 235 Å². The van der Waals surface area contributed by atoms with E-state index in [1.807, 2.05) is 43.4 Å². The molecular weight excluding hydrogens is 560 g/mol. The van der Waals surface area contributed by atoms with Crippen molar-refractivity contribution in [2.24, 2.45) is 18.4 Å². The van der Waals surface area contributed by atoms with Gasteiger partial charge in [0.2, 0.25) is 5.91 Å². The number of fused-ring (bicyclic) bond motifs is 1. The van der Waals surface area contributed by atoms with Crippen LogP contribution in [0.15, 0.2) is 24.3 Å². The second kappa shape index (κ2) is 10.8. The summed E-state index contributed by atoms with van der Waals surface area (Å²) in [7, 11) is 1.87. The van der Waals surface area contributed by atoms with Gasteiger partial charge in [-0.25, -0.2) is 4.98 Å². The van der Waals surface area contributed by atoms with Gasteiger partial charge in [-0.3, -0.25) is 4.79 Å². The van der Waals surface area contributed by atoms with Gasteiger partial charge >= 0.3 is 6.18 Å². The summed E-state index contributed by atoms with van der Waals surface area (Å²) in [5, 5.41) is 4.30. The monoisotopic (exact) mass is 588 g/mol. The van der Waals surface area contributed by atoms with Crippen LogP contribution in [0.5, 0.6) is 0 Å². The van der Waals surface area contributed by atoms with Crippen LogP contribution in [-0.2, 0) is 24.8 Å². The number of benzene rings is 2. The SMILES string of the molecule is Cn1c(Cc2c(Cl)ccc(CNC(=O)C(C)(C)C)c2Cl)nc2cc(Cl)c(N3CCC(C(F)(F)F)CC3)cc21. The largest absolute Gasteiger partial charge is 0.391 e. The highest BCUT2D eigenvalue weighted by atomic mass is 35.5. The van der Waals surface area contributed by atoms with E-state index in [2.05, 4.69) is 5.32 Å². The standard InChI is InChI=1S/C27H30Cl3F3N4O/c1-26(2,3)25(38)34-14-15-5-6-18(28)17(24(15)30)11-23-35-20-12-19(29)21(13-22(20)36(23)4)37-9-7-16(8-10-37)27(31,32)33/h5-6,12-13,16H,7-11,14H2,1-4H3,(H,34,38). The van der Waals surface area contributed by atoms with Crippen molar-refractivity contribution in [3.8, 4) is 0 Å². The Balaban J connectivity index is 1.58. The molecule has 5 nitrogen and oxygen atoms in total. The van der Waals surface area contributed by atoms with Crippen LogP contribution in [0.4, 0.5) is 18.9 Å². The topological polar surface area (TPSA) is 50.2 Å². The zero-order valence-electron chi connectivity index (χ0n) is 21.6. The highest BCUT2D eigenvalue weighted by molar-refractivity contribution is 6.36. The van der Waals surface area contributed by atoms with Crippen LogP contribution in [0, 0.1) is 11.3 Å². The van der Waals surface area contributed by atoms with Crippen molar-refractivity contribution in [3.63, 3.8) is 0 Å². The van der Waals surface area contributed by atoms with Crippen LogP contribution in [-0.4, -0.2) is 34.7 Å². The van der Waals surface area contributed by atoms with Gasteiger partial charge in [0.05, 0.1) is 32.7 Å². The molecule has 3 aromatic rings. The first-order valence-corrected chi connectivity index (χ1v) is 13.5. The Kier molecular flexibility index (Phi) is 8.18. The van der Waals surface area contributed by atoms with Crippen molar-refractivity contribution in [1.29, 1.82) is 0 Å². The number of hydrogen-bond donors (Lipinski definition) is 1. The maximum atomic E-state index is 13.1. The number of carbonyl (C=O) groups excluding carboxylic acids is 1. The smallest absolute Gasteiger partial charge is 0.370 e. The summed E-state index contributed by atoms with van der Waals surface area (Å²) in [6, 6.07) is 7.17. The Bertz CT molecular complexity index is 1360. The van der Waals surface area contributed by atoms with Crippen LogP contribution < -0.4 is 10.2 Å². The molecule has 0 saturated carbocycles. The molecule has 38 heavy (non-hydrogen) atoms. The van der Waals surface area contributed by atoms with E-state index in [-0.39, 0.29) is 38.4 Å². The van der Waals surface area contributed by atoms with Crippen LogP contribution in [0.2, 0.25) is 15.1 Å². The number of hydrogen-bond acceptors (Lipinski definition) is 3. The van der Waals surface area contributed by atoms with Crippen molar-refractivity contribution >= 4 is 57.4 Å². The summed E-state index contributed by atoms with van der Waals surface area (Å²) in [5.41, 5.74) is 3.08. The fourth-order valence-electron chi connectivity index (χ4n) is 4.64. The summed E-state index contributed by atoms with van der Waals surface area (Å²) in [6.07, 6.45) is -3.75. The molecule has 4 rings (SSSR count). The highest BCUT2D eigenvalue weighted by Gasteiger charge is 2.41. The maximum Gasteiger partial charge on any atom is 0.391 e. The molecule has 0 spiro atoms. The predicted molar refractivity (Wildman–Crippen MR) is 147 cm³/mol. The fraction of sp³-hybridized carbons (Fsp3) is 0.481. The first kappa shape index (κ1) is 28.8. The van der Waals surface area contributed by atoms with Gasteiger partial charge in [0, 0.05) is 43.5 Å². The van der Waals surface area contributed by atoms with Crippen LogP contribution in [0.25, 0.3) is 11.0 Å². The number of piperidine rings is 1. The van der Waals surface area contributed by atoms with Gasteiger partial charge in [-0.1, -0.05) is 61.6 Å². The molecule has 1 aliphatic rings. The minimum absolute atomic E-state index is 0.0397. The number of alkyl halides is 3. The zero-order chi connectivity index (χ0) is 28.0. The van der Waals surface area contributed by atoms with Crippen molar-refractivity contribution in [2.75, 3.05) is 18.0 Å². The van der Waals surface area contributed by atoms with Crippen molar-refractivity contribution in [1.82, 2.24) is 14.9 Å². The van der Waals surface area contributed by atoms with E-state index >= 15 is 0 Å². The summed E-state index contributed by atoms with van der Waals surface area (Å²) in [5.74, 6) is -0.670. The Hall–Kier alpha value is -2.16. The Morgan fingerprint density at radius 2 is 1.74 bits per heavy atom. The third-order valence-corrected chi connectivity index (χ3v) is 8.19. The lowest BCUT2D eigenvalue weighted by atomic mass is 9.95. The number of halogens is 6. The predicted octanol–water partition coefficient (Wildman–Crippen LogP) is 7.57. The van der Waals surface area contributed by atoms with Gasteiger partial charge in [0.1, 0.15) is 5.82 Å². The van der Waals surface area contributed by atoms with Crippen LogP contribution in [0.3, 0.4) is 0 Å². The number of imidazole rings is 1. The number of anilines is 1. The molecule has 1 saturated heterocycles. The average molecular weight is 590 g/mol. The Morgan fingerprint density at radius 3 is 2.34 bits per heavy atom. The van der Waals surface area contributed by atoms with Crippen LogP contribution >= 0.6 is 34.8 Å². The lowest BCUT2D eigenvalue weighted by Crippen LogP contribution is -2.39. The molecule has 2 aromatic carbocycles. The molecule has 0 unspecified atom stereocenters. The van der Waals surface area contributed by atoms with E-state index < -0.39 is 17.5 Å².